The van der Waals surface area contributed by atoms with E-state index in [0.29, 0.717) is 0 Å². The molecule has 0 unspecified atom stereocenters. The Hall–Kier alpha value is -2.91. The van der Waals surface area contributed by atoms with Crippen LogP contribution in [-0.4, -0.2) is 17.5 Å². The summed E-state index contributed by atoms with van der Waals surface area (Å²) in [6.45, 7) is 16.0. The molecule has 6 rings (SSSR count). The van der Waals surface area contributed by atoms with Gasteiger partial charge in [0.2, 0.25) is 0 Å². The van der Waals surface area contributed by atoms with E-state index in [9.17, 15) is 0 Å². The quantitative estimate of drug-likeness (QED) is 0.149. The molecule has 0 aliphatic carbocycles. The molecule has 0 atom stereocenters. The van der Waals surface area contributed by atoms with Crippen LogP contribution in [0.1, 0.15) is 34.6 Å². The molecule has 0 aliphatic rings. The van der Waals surface area contributed by atoms with Gasteiger partial charge in [0, 0.05) is 27.7 Å². The monoisotopic (exact) mass is 450 g/mol. The van der Waals surface area contributed by atoms with Gasteiger partial charge in [0.15, 0.2) is 0 Å². The topological polar surface area (TPSA) is 17.3 Å². The predicted octanol–water partition coefficient (Wildman–Crippen LogP) is 7.83. The zero-order valence-corrected chi connectivity index (χ0v) is 21.6. The summed E-state index contributed by atoms with van der Waals surface area (Å²) in [5, 5.41) is 6.72. The van der Waals surface area contributed by atoms with Crippen molar-refractivity contribution in [1.82, 2.24) is 9.38 Å². The van der Waals surface area contributed by atoms with Crippen LogP contribution in [0.3, 0.4) is 0 Å². The van der Waals surface area contributed by atoms with E-state index < -0.39 is 8.07 Å². The summed E-state index contributed by atoms with van der Waals surface area (Å²) in [7, 11) is -1.68. The predicted molar refractivity (Wildman–Crippen MR) is 147 cm³/mol. The summed E-state index contributed by atoms with van der Waals surface area (Å²) in [5.41, 5.74) is 7.07. The normalized spacial score (nSPS) is 14.3. The van der Waals surface area contributed by atoms with Gasteiger partial charge in [-0.15, -0.1) is 0 Å². The second-order valence-corrected chi connectivity index (χ2v) is 17.1. The molecular formula is C30H32N2Si. The molecule has 0 saturated heterocycles. The second kappa shape index (κ2) is 6.57. The number of benzene rings is 3. The highest BCUT2D eigenvalue weighted by Crippen LogP contribution is 2.40. The first-order valence-electron chi connectivity index (χ1n) is 12.9. The molecule has 0 N–H and O–H groups in total. The Bertz CT molecular complexity index is 1820. The van der Waals surface area contributed by atoms with Crippen LogP contribution in [-0.2, 0) is 6.42 Å². The summed E-state index contributed by atoms with van der Waals surface area (Å²) in [4.78, 5) is 4.70. The lowest BCUT2D eigenvalue weighted by Crippen LogP contribution is -2.37. The average molecular weight is 451 g/mol. The number of hydrogen-bond donors (Lipinski definition) is 0. The highest BCUT2D eigenvalue weighted by atomic mass is 28.3. The molecule has 166 valence electrons. The maximum atomic E-state index is 8.77. The third-order valence-corrected chi connectivity index (χ3v) is 8.90. The summed E-state index contributed by atoms with van der Waals surface area (Å²) < 4.78 is 19.7. The smallest absolute Gasteiger partial charge is 0.0840 e. The highest BCUT2D eigenvalue weighted by molar-refractivity contribution is 6.89. The number of pyridine rings is 2. The molecule has 33 heavy (non-hydrogen) atoms. The first kappa shape index (κ1) is 18.5. The van der Waals surface area contributed by atoms with Crippen LogP contribution in [0.2, 0.25) is 19.6 Å². The Morgan fingerprint density at radius 3 is 2.42 bits per heavy atom. The molecule has 0 saturated carbocycles. The standard InChI is InChI=1S/C30H32N2Si/c1-18-12-23-22-9-8-19(17-30(2,3)4)14-25(22)32-26-16-21(33(5,6)7)15-20-10-11-31-28(27(20)26)24(13-18)29(23)32/h8-16H,17H2,1-7H3/i10D,11D. The van der Waals surface area contributed by atoms with Crippen LogP contribution in [0, 0.1) is 12.3 Å². The van der Waals surface area contributed by atoms with E-state index in [1.807, 2.05) is 0 Å². The number of rotatable bonds is 2. The van der Waals surface area contributed by atoms with Gasteiger partial charge in [0.25, 0.3) is 0 Å². The van der Waals surface area contributed by atoms with Gasteiger partial charge in [0.1, 0.15) is 0 Å². The van der Waals surface area contributed by atoms with Gasteiger partial charge in [-0.05, 0) is 65.6 Å². The van der Waals surface area contributed by atoms with Gasteiger partial charge < -0.3 is 4.40 Å². The fourth-order valence-electron chi connectivity index (χ4n) is 5.47. The van der Waals surface area contributed by atoms with Gasteiger partial charge in [-0.3, -0.25) is 4.98 Å². The number of aromatic nitrogens is 2. The molecule has 0 aliphatic heterocycles. The SMILES string of the molecule is [2H]c1nc2c3cc(C)cc4c5ccc(CC(C)(C)C)cc5n(c5cc([Si](C)(C)C)cc(c1[2H])c25)c43. The van der Waals surface area contributed by atoms with Crippen molar-refractivity contribution >= 4 is 62.3 Å². The molecule has 3 aromatic heterocycles. The van der Waals surface area contributed by atoms with Crippen LogP contribution >= 0.6 is 0 Å². The zero-order valence-electron chi connectivity index (χ0n) is 22.6. The molecule has 0 fully saturated rings. The molecule has 3 heteroatoms. The Balaban J connectivity index is 1.93. The molecule has 0 radical (unpaired) electrons. The lowest BCUT2D eigenvalue weighted by Gasteiger charge is -2.20. The van der Waals surface area contributed by atoms with Crippen molar-refractivity contribution in [2.75, 3.05) is 0 Å². The first-order valence-corrected chi connectivity index (χ1v) is 15.4. The van der Waals surface area contributed by atoms with Crippen molar-refractivity contribution in [3.63, 3.8) is 0 Å². The Morgan fingerprint density at radius 1 is 0.939 bits per heavy atom. The van der Waals surface area contributed by atoms with E-state index in [1.165, 1.54) is 38.1 Å². The number of aryl methyl sites for hydroxylation is 1. The lowest BCUT2D eigenvalue weighted by molar-refractivity contribution is 0.411. The van der Waals surface area contributed by atoms with Crippen molar-refractivity contribution in [3.8, 4) is 0 Å². The molecule has 0 amide bonds. The minimum absolute atomic E-state index is 0.0536. The minimum Gasteiger partial charge on any atom is -0.308 e. The Kier molecular flexibility index (Phi) is 3.69. The van der Waals surface area contributed by atoms with E-state index in [1.54, 1.807) is 0 Å². The maximum Gasteiger partial charge on any atom is 0.0840 e. The molecule has 6 aromatic rings. The fraction of sp³-hybridized carbons (Fsp3) is 0.300. The van der Waals surface area contributed by atoms with E-state index in [4.69, 9.17) is 7.73 Å². The van der Waals surface area contributed by atoms with Gasteiger partial charge >= 0.3 is 0 Å². The van der Waals surface area contributed by atoms with Crippen molar-refractivity contribution in [2.24, 2.45) is 5.41 Å². The number of hydrogen-bond acceptors (Lipinski definition) is 1. The Morgan fingerprint density at radius 2 is 1.70 bits per heavy atom. The van der Waals surface area contributed by atoms with E-state index >= 15 is 0 Å². The molecule has 3 heterocycles. The van der Waals surface area contributed by atoms with Crippen LogP contribution < -0.4 is 5.19 Å². The summed E-state index contributed by atoms with van der Waals surface area (Å²) >= 11 is 0. The van der Waals surface area contributed by atoms with E-state index in [-0.39, 0.29) is 17.6 Å². The molecular weight excluding hydrogens is 416 g/mol. The van der Waals surface area contributed by atoms with Crippen molar-refractivity contribution in [1.29, 1.82) is 0 Å². The number of fused-ring (bicyclic) bond motifs is 5. The van der Waals surface area contributed by atoms with Gasteiger partial charge in [0.05, 0.1) is 32.9 Å². The van der Waals surface area contributed by atoms with Gasteiger partial charge in [-0.25, -0.2) is 0 Å². The summed E-state index contributed by atoms with van der Waals surface area (Å²) in [5.74, 6) is 0. The molecule has 3 aromatic carbocycles. The minimum atomic E-state index is -1.68. The third kappa shape index (κ3) is 3.09. The van der Waals surface area contributed by atoms with Crippen LogP contribution in [0.5, 0.6) is 0 Å². The van der Waals surface area contributed by atoms with Crippen molar-refractivity contribution in [3.05, 3.63) is 65.8 Å². The fourth-order valence-corrected chi connectivity index (χ4v) is 6.61. The van der Waals surface area contributed by atoms with Gasteiger partial charge in [-0.2, -0.15) is 0 Å². The molecule has 0 bridgehead atoms. The van der Waals surface area contributed by atoms with Crippen LogP contribution in [0.25, 0.3) is 49.0 Å². The van der Waals surface area contributed by atoms with E-state index in [2.05, 4.69) is 94.2 Å². The molecule has 2 nitrogen and oxygen atoms in total. The largest absolute Gasteiger partial charge is 0.308 e. The lowest BCUT2D eigenvalue weighted by atomic mass is 9.88. The van der Waals surface area contributed by atoms with Crippen LogP contribution in [0.4, 0.5) is 0 Å². The summed E-state index contributed by atoms with van der Waals surface area (Å²) in [6, 6.07) is 16.2. The molecule has 0 spiro atoms. The van der Waals surface area contributed by atoms with Gasteiger partial charge in [-0.1, -0.05) is 63.8 Å². The van der Waals surface area contributed by atoms with E-state index in [0.717, 1.165) is 33.6 Å². The second-order valence-electron chi connectivity index (χ2n) is 12.0. The summed E-state index contributed by atoms with van der Waals surface area (Å²) in [6.07, 6.45) is 1.07. The Labute approximate surface area is 199 Å². The van der Waals surface area contributed by atoms with Crippen molar-refractivity contribution in [2.45, 2.75) is 53.8 Å². The average Bonchev–Trinajstić information content (AvgIpc) is 3.06. The third-order valence-electron chi connectivity index (χ3n) is 6.88. The van der Waals surface area contributed by atoms with Crippen LogP contribution in [0.15, 0.2) is 54.7 Å². The highest BCUT2D eigenvalue weighted by Gasteiger charge is 2.23. The zero-order chi connectivity index (χ0) is 25.0. The maximum absolute atomic E-state index is 8.77. The first-order chi connectivity index (χ1) is 16.3. The van der Waals surface area contributed by atoms with Crippen molar-refractivity contribution < 1.29 is 2.74 Å². The number of nitrogens with zero attached hydrogens (tertiary/aromatic N) is 2.